The van der Waals surface area contributed by atoms with Gasteiger partial charge in [0.15, 0.2) is 0 Å². The van der Waals surface area contributed by atoms with Crippen molar-refractivity contribution in [3.8, 4) is 6.07 Å². The summed E-state index contributed by atoms with van der Waals surface area (Å²) in [6.45, 7) is 2.04. The molecule has 1 aromatic rings. The van der Waals surface area contributed by atoms with Gasteiger partial charge in [-0.05, 0) is 25.1 Å². The molecule has 1 rings (SSSR count). The Morgan fingerprint density at radius 1 is 1.53 bits per heavy atom. The molecule has 17 heavy (non-hydrogen) atoms. The Labute approximate surface area is 99.2 Å². The quantitative estimate of drug-likeness (QED) is 0.746. The molecular weight excluding hydrogens is 223 g/mol. The van der Waals surface area contributed by atoms with E-state index in [1.165, 1.54) is 17.0 Å². The number of carbonyl (C=O) groups excluding carboxylic acids is 1. The number of hydrogen-bond donors (Lipinski definition) is 0. The van der Waals surface area contributed by atoms with Crippen LogP contribution in [0.1, 0.15) is 12.5 Å². The van der Waals surface area contributed by atoms with Crippen molar-refractivity contribution >= 4 is 11.7 Å². The second-order valence-electron chi connectivity index (χ2n) is 3.47. The summed E-state index contributed by atoms with van der Waals surface area (Å²) in [6.07, 6.45) is 0. The van der Waals surface area contributed by atoms with Crippen molar-refractivity contribution in [2.45, 2.75) is 6.92 Å². The molecule has 4 nitrogen and oxygen atoms in total. The highest BCUT2D eigenvalue weighted by molar-refractivity contribution is 5.75. The second kappa shape index (κ2) is 5.85. The van der Waals surface area contributed by atoms with Crippen molar-refractivity contribution in [1.82, 2.24) is 0 Å². The number of benzene rings is 1. The Morgan fingerprint density at radius 2 is 2.24 bits per heavy atom. The molecule has 0 amide bonds. The van der Waals surface area contributed by atoms with Crippen LogP contribution < -0.4 is 4.90 Å². The molecule has 0 heterocycles. The lowest BCUT2D eigenvalue weighted by Gasteiger charge is -2.18. The zero-order chi connectivity index (χ0) is 12.8. The van der Waals surface area contributed by atoms with Crippen molar-refractivity contribution in [3.63, 3.8) is 0 Å². The van der Waals surface area contributed by atoms with Gasteiger partial charge >= 0.3 is 5.97 Å². The molecule has 0 saturated heterocycles. The summed E-state index contributed by atoms with van der Waals surface area (Å²) in [5.74, 6) is -0.896. The van der Waals surface area contributed by atoms with Gasteiger partial charge in [-0.2, -0.15) is 5.26 Å². The fraction of sp³-hybridized carbons (Fsp3) is 0.333. The molecule has 0 aliphatic carbocycles. The number of anilines is 1. The zero-order valence-electron chi connectivity index (χ0n) is 9.74. The molecule has 90 valence electrons. The van der Waals surface area contributed by atoms with E-state index in [4.69, 9.17) is 10.00 Å². The van der Waals surface area contributed by atoms with Gasteiger partial charge in [0, 0.05) is 12.7 Å². The molecule has 5 heteroatoms. The van der Waals surface area contributed by atoms with Crippen molar-refractivity contribution in [3.05, 3.63) is 29.6 Å². The van der Waals surface area contributed by atoms with Crippen molar-refractivity contribution < 1.29 is 13.9 Å². The summed E-state index contributed by atoms with van der Waals surface area (Å²) < 4.78 is 17.9. The smallest absolute Gasteiger partial charge is 0.325 e. The topological polar surface area (TPSA) is 53.3 Å². The van der Waals surface area contributed by atoms with Crippen LogP contribution in [0.15, 0.2) is 18.2 Å². The number of esters is 1. The third-order valence-electron chi connectivity index (χ3n) is 2.12. The Morgan fingerprint density at radius 3 is 2.82 bits per heavy atom. The summed E-state index contributed by atoms with van der Waals surface area (Å²) in [4.78, 5) is 12.8. The normalized spacial score (nSPS) is 9.53. The van der Waals surface area contributed by atoms with Crippen LogP contribution in [0.2, 0.25) is 0 Å². The van der Waals surface area contributed by atoms with Crippen LogP contribution in [-0.2, 0) is 9.53 Å². The summed E-state index contributed by atoms with van der Waals surface area (Å²) in [7, 11) is 1.63. The van der Waals surface area contributed by atoms with E-state index in [-0.39, 0.29) is 12.1 Å². The highest BCUT2D eigenvalue weighted by atomic mass is 19.1. The number of nitrogens with zero attached hydrogens (tertiary/aromatic N) is 2. The minimum atomic E-state index is -0.505. The van der Waals surface area contributed by atoms with Gasteiger partial charge in [0.05, 0.1) is 18.2 Å². The molecule has 0 radical (unpaired) electrons. The molecule has 0 aromatic heterocycles. The van der Waals surface area contributed by atoms with E-state index >= 15 is 0 Å². The average molecular weight is 236 g/mol. The molecule has 0 spiro atoms. The first-order valence-electron chi connectivity index (χ1n) is 5.14. The van der Waals surface area contributed by atoms with E-state index in [1.807, 2.05) is 6.07 Å². The minimum Gasteiger partial charge on any atom is -0.465 e. The molecule has 0 bridgehead atoms. The van der Waals surface area contributed by atoms with Gasteiger partial charge in [-0.15, -0.1) is 0 Å². The van der Waals surface area contributed by atoms with Crippen molar-refractivity contribution in [2.75, 3.05) is 25.1 Å². The molecule has 0 saturated carbocycles. The third-order valence-corrected chi connectivity index (χ3v) is 2.12. The minimum absolute atomic E-state index is 0.0160. The molecular formula is C12H13FN2O2. The SMILES string of the molecule is CCOC(=O)CN(C)c1cc(F)cc(C#N)c1. The van der Waals surface area contributed by atoms with Gasteiger partial charge in [-0.1, -0.05) is 0 Å². The standard InChI is InChI=1S/C12H13FN2O2/c1-3-17-12(16)8-15(2)11-5-9(7-14)4-10(13)6-11/h4-6H,3,8H2,1-2H3. The van der Waals surface area contributed by atoms with Gasteiger partial charge in [0.2, 0.25) is 0 Å². The molecule has 0 aliphatic rings. The molecule has 0 N–H and O–H groups in total. The summed E-state index contributed by atoms with van der Waals surface area (Å²) in [5, 5.41) is 8.71. The second-order valence-corrected chi connectivity index (χ2v) is 3.47. The van der Waals surface area contributed by atoms with Crippen molar-refractivity contribution in [2.24, 2.45) is 0 Å². The van der Waals surface area contributed by atoms with Crippen LogP contribution in [0.5, 0.6) is 0 Å². The predicted molar refractivity (Wildman–Crippen MR) is 61.0 cm³/mol. The van der Waals surface area contributed by atoms with Gasteiger partial charge in [-0.3, -0.25) is 4.79 Å². The van der Waals surface area contributed by atoms with Crippen LogP contribution in [0.25, 0.3) is 0 Å². The molecule has 0 fully saturated rings. The Hall–Kier alpha value is -2.09. The monoisotopic (exact) mass is 236 g/mol. The molecule has 0 unspecified atom stereocenters. The van der Waals surface area contributed by atoms with Crippen molar-refractivity contribution in [1.29, 1.82) is 5.26 Å². The van der Waals surface area contributed by atoms with E-state index in [0.29, 0.717) is 12.3 Å². The van der Waals surface area contributed by atoms with E-state index in [2.05, 4.69) is 0 Å². The number of nitriles is 1. The van der Waals surface area contributed by atoms with Crippen LogP contribution >= 0.6 is 0 Å². The van der Waals surface area contributed by atoms with Gasteiger partial charge in [-0.25, -0.2) is 4.39 Å². The van der Waals surface area contributed by atoms with Gasteiger partial charge < -0.3 is 9.64 Å². The first-order chi connectivity index (χ1) is 8.06. The fourth-order valence-electron chi connectivity index (χ4n) is 1.35. The lowest BCUT2D eigenvalue weighted by atomic mass is 10.2. The maximum atomic E-state index is 13.2. The lowest BCUT2D eigenvalue weighted by Crippen LogP contribution is -2.27. The van der Waals surface area contributed by atoms with E-state index in [1.54, 1.807) is 14.0 Å². The molecule has 0 aliphatic heterocycles. The summed E-state index contributed by atoms with van der Waals surface area (Å²) in [5.41, 5.74) is 0.685. The van der Waals surface area contributed by atoms with E-state index in [0.717, 1.165) is 6.07 Å². The summed E-state index contributed by atoms with van der Waals surface area (Å²) >= 11 is 0. The fourth-order valence-corrected chi connectivity index (χ4v) is 1.35. The predicted octanol–water partition coefficient (Wildman–Crippen LogP) is 1.70. The highest BCUT2D eigenvalue weighted by Gasteiger charge is 2.10. The molecule has 0 atom stereocenters. The van der Waals surface area contributed by atoms with Crippen LogP contribution in [0.4, 0.5) is 10.1 Å². The number of likely N-dealkylation sites (N-methyl/N-ethyl adjacent to an activating group) is 1. The Balaban J connectivity index is 2.82. The Bertz CT molecular complexity index is 454. The number of carbonyl (C=O) groups is 1. The Kier molecular flexibility index (Phi) is 4.46. The largest absolute Gasteiger partial charge is 0.465 e. The van der Waals surface area contributed by atoms with E-state index < -0.39 is 11.8 Å². The number of halogens is 1. The first kappa shape index (κ1) is 13.0. The average Bonchev–Trinajstić information content (AvgIpc) is 2.28. The zero-order valence-corrected chi connectivity index (χ0v) is 9.74. The lowest BCUT2D eigenvalue weighted by molar-refractivity contribution is -0.141. The van der Waals surface area contributed by atoms with Gasteiger partial charge in [0.1, 0.15) is 12.4 Å². The highest BCUT2D eigenvalue weighted by Crippen LogP contribution is 2.16. The van der Waals surface area contributed by atoms with Crippen LogP contribution in [-0.4, -0.2) is 26.2 Å². The summed E-state index contributed by atoms with van der Waals surface area (Å²) in [6, 6.07) is 5.78. The first-order valence-corrected chi connectivity index (χ1v) is 5.14. The molecule has 1 aromatic carbocycles. The van der Waals surface area contributed by atoms with Crippen LogP contribution in [0, 0.1) is 17.1 Å². The number of rotatable bonds is 4. The number of ether oxygens (including phenoxy) is 1. The van der Waals surface area contributed by atoms with Gasteiger partial charge in [0.25, 0.3) is 0 Å². The number of hydrogen-bond acceptors (Lipinski definition) is 4. The maximum absolute atomic E-state index is 13.2. The van der Waals surface area contributed by atoms with E-state index in [9.17, 15) is 9.18 Å². The third kappa shape index (κ3) is 3.76. The van der Waals surface area contributed by atoms with Crippen LogP contribution in [0.3, 0.4) is 0 Å². The maximum Gasteiger partial charge on any atom is 0.325 e.